The Kier molecular flexibility index (Phi) is 1.80. The molecule has 1 saturated carbocycles. The van der Waals surface area contributed by atoms with E-state index in [1.165, 1.54) is 18.4 Å². The van der Waals surface area contributed by atoms with Gasteiger partial charge in [-0.25, -0.2) is 0 Å². The van der Waals surface area contributed by atoms with Crippen molar-refractivity contribution in [3.05, 3.63) is 28.2 Å². The molecule has 1 heterocycles. The maximum atomic E-state index is 6.10. The molecular weight excluding hydrogens is 252 g/mol. The van der Waals surface area contributed by atoms with Gasteiger partial charge in [-0.15, -0.1) is 0 Å². The van der Waals surface area contributed by atoms with Gasteiger partial charge in [0.05, 0.1) is 0 Å². The van der Waals surface area contributed by atoms with E-state index in [0.29, 0.717) is 0 Å². The average Bonchev–Trinajstić information content (AvgIpc) is 2.86. The van der Waals surface area contributed by atoms with Crippen molar-refractivity contribution in [2.24, 2.45) is 0 Å². The van der Waals surface area contributed by atoms with Crippen LogP contribution in [0.5, 0.6) is 5.75 Å². The Hall–Kier alpha value is -0.500. The second-order valence-electron chi connectivity index (χ2n) is 5.49. The number of ether oxygens (including phenoxy) is 1. The summed E-state index contributed by atoms with van der Waals surface area (Å²) in [5.41, 5.74) is 1.77. The molecule has 2 aliphatic rings. The van der Waals surface area contributed by atoms with Gasteiger partial charge in [0.25, 0.3) is 0 Å². The van der Waals surface area contributed by atoms with Crippen LogP contribution in [0.3, 0.4) is 0 Å². The van der Waals surface area contributed by atoms with Gasteiger partial charge in [-0.05, 0) is 42.9 Å². The molecule has 2 heteroatoms. The SMILES string of the molecule is CC1(C)CC2(CC2)Oc2ccc(Br)cc21. The number of rotatable bonds is 0. The number of fused-ring (bicyclic) bond motifs is 1. The van der Waals surface area contributed by atoms with Crippen LogP contribution in [0.2, 0.25) is 0 Å². The fraction of sp³-hybridized carbons (Fsp3) is 0.538. The van der Waals surface area contributed by atoms with E-state index in [2.05, 4.69) is 48.0 Å². The Labute approximate surface area is 99.0 Å². The van der Waals surface area contributed by atoms with Crippen molar-refractivity contribution in [2.45, 2.75) is 44.1 Å². The maximum Gasteiger partial charge on any atom is 0.123 e. The van der Waals surface area contributed by atoms with Gasteiger partial charge < -0.3 is 4.74 Å². The average molecular weight is 267 g/mol. The molecule has 0 radical (unpaired) electrons. The molecule has 1 nitrogen and oxygen atoms in total. The summed E-state index contributed by atoms with van der Waals surface area (Å²) < 4.78 is 7.24. The summed E-state index contributed by atoms with van der Waals surface area (Å²) in [6.07, 6.45) is 3.61. The van der Waals surface area contributed by atoms with E-state index in [0.717, 1.165) is 16.6 Å². The Morgan fingerprint density at radius 3 is 2.67 bits per heavy atom. The second kappa shape index (κ2) is 2.79. The first-order valence-electron chi connectivity index (χ1n) is 5.50. The summed E-state index contributed by atoms with van der Waals surface area (Å²) in [5.74, 6) is 1.09. The highest BCUT2D eigenvalue weighted by atomic mass is 79.9. The molecule has 15 heavy (non-hydrogen) atoms. The molecule has 1 aliphatic carbocycles. The van der Waals surface area contributed by atoms with Gasteiger partial charge in [0, 0.05) is 10.0 Å². The molecule has 0 aromatic heterocycles. The minimum atomic E-state index is 0.185. The van der Waals surface area contributed by atoms with Crippen molar-refractivity contribution in [1.82, 2.24) is 0 Å². The lowest BCUT2D eigenvalue weighted by Gasteiger charge is -2.38. The minimum absolute atomic E-state index is 0.185. The summed E-state index contributed by atoms with van der Waals surface area (Å²) in [6.45, 7) is 4.64. The standard InChI is InChI=1S/C13H15BrO/c1-12(2)8-13(5-6-13)15-11-4-3-9(14)7-10(11)12/h3-4,7H,5-6,8H2,1-2H3. The molecule has 0 unspecified atom stereocenters. The van der Waals surface area contributed by atoms with E-state index < -0.39 is 0 Å². The highest BCUT2D eigenvalue weighted by molar-refractivity contribution is 9.10. The number of benzene rings is 1. The fourth-order valence-corrected chi connectivity index (χ4v) is 3.07. The first-order chi connectivity index (χ1) is 7.01. The van der Waals surface area contributed by atoms with Crippen molar-refractivity contribution in [2.75, 3.05) is 0 Å². The first kappa shape index (κ1) is 9.71. The van der Waals surface area contributed by atoms with Gasteiger partial charge in [-0.1, -0.05) is 29.8 Å². The van der Waals surface area contributed by atoms with E-state index in [-0.39, 0.29) is 11.0 Å². The van der Waals surface area contributed by atoms with E-state index in [1.807, 2.05) is 0 Å². The fourth-order valence-electron chi connectivity index (χ4n) is 2.71. The van der Waals surface area contributed by atoms with Crippen molar-refractivity contribution in [3.8, 4) is 5.75 Å². The summed E-state index contributed by atoms with van der Waals surface area (Å²) >= 11 is 3.53. The van der Waals surface area contributed by atoms with Crippen LogP contribution >= 0.6 is 15.9 Å². The smallest absolute Gasteiger partial charge is 0.123 e. The molecule has 3 rings (SSSR count). The van der Waals surface area contributed by atoms with E-state index in [1.54, 1.807) is 0 Å². The van der Waals surface area contributed by atoms with Gasteiger partial charge >= 0.3 is 0 Å². The normalized spacial score (nSPS) is 24.5. The Morgan fingerprint density at radius 1 is 1.27 bits per heavy atom. The largest absolute Gasteiger partial charge is 0.487 e. The van der Waals surface area contributed by atoms with Crippen molar-refractivity contribution in [3.63, 3.8) is 0 Å². The van der Waals surface area contributed by atoms with Crippen molar-refractivity contribution in [1.29, 1.82) is 0 Å². The van der Waals surface area contributed by atoms with Crippen LogP contribution in [-0.2, 0) is 5.41 Å². The third-order valence-electron chi connectivity index (χ3n) is 3.57. The molecule has 0 bridgehead atoms. The Morgan fingerprint density at radius 2 is 2.00 bits per heavy atom. The number of halogens is 1. The van der Waals surface area contributed by atoms with Crippen LogP contribution in [0.4, 0.5) is 0 Å². The number of hydrogen-bond donors (Lipinski definition) is 0. The van der Waals surface area contributed by atoms with Gasteiger partial charge in [-0.3, -0.25) is 0 Å². The highest BCUT2D eigenvalue weighted by Gasteiger charge is 2.52. The molecule has 1 aromatic rings. The van der Waals surface area contributed by atoms with Crippen LogP contribution in [-0.4, -0.2) is 5.60 Å². The maximum absolute atomic E-state index is 6.10. The van der Waals surface area contributed by atoms with Crippen LogP contribution in [0, 0.1) is 0 Å². The van der Waals surface area contributed by atoms with E-state index >= 15 is 0 Å². The van der Waals surface area contributed by atoms with Gasteiger partial charge in [0.2, 0.25) is 0 Å². The van der Waals surface area contributed by atoms with E-state index in [9.17, 15) is 0 Å². The van der Waals surface area contributed by atoms with E-state index in [4.69, 9.17) is 4.74 Å². The minimum Gasteiger partial charge on any atom is -0.487 e. The molecule has 1 aliphatic heterocycles. The molecule has 0 atom stereocenters. The molecule has 1 spiro atoms. The zero-order chi connectivity index (χ0) is 10.7. The molecule has 0 N–H and O–H groups in total. The number of hydrogen-bond acceptors (Lipinski definition) is 1. The van der Waals surface area contributed by atoms with Gasteiger partial charge in [-0.2, -0.15) is 0 Å². The van der Waals surface area contributed by atoms with Gasteiger partial charge in [0.1, 0.15) is 11.4 Å². The molecule has 1 aromatic carbocycles. The highest BCUT2D eigenvalue weighted by Crippen LogP contribution is 2.55. The predicted octanol–water partition coefficient (Wildman–Crippen LogP) is 4.04. The molecule has 0 saturated heterocycles. The third-order valence-corrected chi connectivity index (χ3v) is 4.06. The van der Waals surface area contributed by atoms with Crippen LogP contribution in [0.1, 0.15) is 38.7 Å². The topological polar surface area (TPSA) is 9.23 Å². The molecular formula is C13H15BrO. The summed E-state index contributed by atoms with van der Waals surface area (Å²) in [5, 5.41) is 0. The van der Waals surface area contributed by atoms with Crippen LogP contribution in [0.25, 0.3) is 0 Å². The summed E-state index contributed by atoms with van der Waals surface area (Å²) in [6, 6.07) is 6.36. The predicted molar refractivity (Wildman–Crippen MR) is 64.4 cm³/mol. The zero-order valence-corrected chi connectivity index (χ0v) is 10.7. The lowest BCUT2D eigenvalue weighted by atomic mass is 9.76. The second-order valence-corrected chi connectivity index (χ2v) is 6.40. The third kappa shape index (κ3) is 1.50. The quantitative estimate of drug-likeness (QED) is 0.689. The van der Waals surface area contributed by atoms with Crippen molar-refractivity contribution < 1.29 is 4.74 Å². The molecule has 1 fully saturated rings. The Balaban J connectivity index is 2.13. The van der Waals surface area contributed by atoms with Crippen molar-refractivity contribution >= 4 is 15.9 Å². The van der Waals surface area contributed by atoms with Crippen LogP contribution < -0.4 is 4.74 Å². The lowest BCUT2D eigenvalue weighted by molar-refractivity contribution is 0.113. The molecule has 0 amide bonds. The zero-order valence-electron chi connectivity index (χ0n) is 9.14. The summed E-state index contributed by atoms with van der Waals surface area (Å²) in [4.78, 5) is 0. The first-order valence-corrected chi connectivity index (χ1v) is 6.29. The summed E-state index contributed by atoms with van der Waals surface area (Å²) in [7, 11) is 0. The monoisotopic (exact) mass is 266 g/mol. The lowest BCUT2D eigenvalue weighted by Crippen LogP contribution is -2.35. The Bertz CT molecular complexity index is 419. The van der Waals surface area contributed by atoms with Crippen LogP contribution in [0.15, 0.2) is 22.7 Å². The molecule has 80 valence electrons. The van der Waals surface area contributed by atoms with Gasteiger partial charge in [0.15, 0.2) is 0 Å².